The van der Waals surface area contributed by atoms with Gasteiger partial charge < -0.3 is 11.1 Å². The number of nitrogens with zero attached hydrogens (tertiary/aromatic N) is 2. The number of amides is 2. The van der Waals surface area contributed by atoms with E-state index in [-0.39, 0.29) is 35.1 Å². The molecule has 0 aliphatic rings. The number of primary amides is 1. The highest BCUT2D eigenvalue weighted by Crippen LogP contribution is 2.20. The molecule has 3 N–H and O–H groups in total. The first-order valence-corrected chi connectivity index (χ1v) is 8.34. The first kappa shape index (κ1) is 13.9. The minimum Gasteiger partial charge on any atom is -0.368 e. The normalized spacial score (nSPS) is 14.4. The van der Waals surface area contributed by atoms with Crippen LogP contribution in [-0.4, -0.2) is 27.6 Å². The Labute approximate surface area is 161 Å². The Bertz CT molecular complexity index is 1180. The Morgan fingerprint density at radius 3 is 2.56 bits per heavy atom. The maximum atomic E-state index is 13.2. The van der Waals surface area contributed by atoms with Crippen LogP contribution in [0.4, 0.5) is 4.39 Å². The van der Waals surface area contributed by atoms with E-state index in [9.17, 15) is 14.0 Å². The van der Waals surface area contributed by atoms with Gasteiger partial charge in [-0.15, -0.1) is 0 Å². The van der Waals surface area contributed by atoms with Crippen LogP contribution in [-0.2, 0) is 11.3 Å². The highest BCUT2D eigenvalue weighted by molar-refractivity contribution is 6.06. The summed E-state index contributed by atoms with van der Waals surface area (Å²) >= 11 is 0. The summed E-state index contributed by atoms with van der Waals surface area (Å²) in [5.74, 6) is -2.25. The fourth-order valence-corrected chi connectivity index (χ4v) is 2.70. The van der Waals surface area contributed by atoms with Gasteiger partial charge in [0.15, 0.2) is 5.69 Å². The summed E-state index contributed by atoms with van der Waals surface area (Å²) in [5, 5.41) is 6.66. The molecule has 0 fully saturated rings. The second-order valence-corrected chi connectivity index (χ2v) is 6.45. The number of fused-ring (bicyclic) bond motifs is 1. The lowest BCUT2D eigenvalue weighted by molar-refractivity contribution is -0.120. The molecule has 0 saturated carbocycles. The molecule has 3 rings (SSSR count). The lowest BCUT2D eigenvalue weighted by Gasteiger charge is -2.18. The summed E-state index contributed by atoms with van der Waals surface area (Å²) in [6, 6.07) is 2.78. The molecule has 140 valence electrons. The van der Waals surface area contributed by atoms with Crippen molar-refractivity contribution in [1.82, 2.24) is 15.1 Å². The summed E-state index contributed by atoms with van der Waals surface area (Å²) < 4.78 is 47.0. The molecule has 0 aliphatic heterocycles. The molecule has 27 heavy (non-hydrogen) atoms. The Morgan fingerprint density at radius 2 is 1.93 bits per heavy atom. The topological polar surface area (TPSA) is 90.0 Å². The number of halogens is 1. The largest absolute Gasteiger partial charge is 0.368 e. The molecule has 0 saturated heterocycles. The van der Waals surface area contributed by atoms with Gasteiger partial charge in [-0.05, 0) is 29.7 Å². The smallest absolute Gasteiger partial charge is 0.273 e. The van der Waals surface area contributed by atoms with E-state index in [1.165, 1.54) is 28.9 Å². The average Bonchev–Trinajstić information content (AvgIpc) is 3.09. The molecule has 1 atom stereocenters. The van der Waals surface area contributed by atoms with Gasteiger partial charge in [-0.25, -0.2) is 4.39 Å². The lowest BCUT2D eigenvalue weighted by Crippen LogP contribution is -2.47. The molecular formula is C20H21FN4O2. The van der Waals surface area contributed by atoms with Gasteiger partial charge in [0, 0.05) is 5.39 Å². The Balaban J connectivity index is 2.18. The predicted octanol–water partition coefficient (Wildman–Crippen LogP) is 2.46. The van der Waals surface area contributed by atoms with E-state index >= 15 is 0 Å². The summed E-state index contributed by atoms with van der Waals surface area (Å²) in [4.78, 5) is 24.6. The van der Waals surface area contributed by atoms with Crippen molar-refractivity contribution in [2.24, 2.45) is 11.7 Å². The first-order chi connectivity index (χ1) is 14.5. The van der Waals surface area contributed by atoms with Gasteiger partial charge in [0.2, 0.25) is 5.91 Å². The molecule has 0 aliphatic carbocycles. The number of aromatic nitrogens is 2. The van der Waals surface area contributed by atoms with E-state index in [2.05, 4.69) is 10.4 Å². The molecule has 0 radical (unpaired) electrons. The molecule has 1 unspecified atom stereocenters. The molecule has 0 spiro atoms. The van der Waals surface area contributed by atoms with E-state index in [1.807, 2.05) is 0 Å². The predicted molar refractivity (Wildman–Crippen MR) is 101 cm³/mol. The lowest BCUT2D eigenvalue weighted by atomic mass is 10.0. The number of benzene rings is 2. The fraction of sp³-hybridized carbons (Fsp3) is 0.250. The number of carbonyl (C=O) groups is 2. The van der Waals surface area contributed by atoms with Gasteiger partial charge >= 0.3 is 0 Å². The second kappa shape index (κ2) is 7.57. The van der Waals surface area contributed by atoms with Crippen molar-refractivity contribution in [2.75, 3.05) is 0 Å². The van der Waals surface area contributed by atoms with Crippen molar-refractivity contribution in [1.29, 1.82) is 0 Å². The van der Waals surface area contributed by atoms with E-state index in [0.717, 1.165) is 0 Å². The Morgan fingerprint density at radius 1 is 1.26 bits per heavy atom. The number of nitrogens with one attached hydrogen (secondary N) is 1. The van der Waals surface area contributed by atoms with Gasteiger partial charge in [-0.1, -0.05) is 44.1 Å². The van der Waals surface area contributed by atoms with Crippen LogP contribution in [0.1, 0.15) is 35.4 Å². The highest BCUT2D eigenvalue weighted by atomic mass is 19.1. The van der Waals surface area contributed by atoms with E-state index < -0.39 is 41.8 Å². The number of para-hydroxylation sites is 1. The van der Waals surface area contributed by atoms with Crippen LogP contribution in [0.25, 0.3) is 10.9 Å². The number of hydrogen-bond acceptors (Lipinski definition) is 3. The van der Waals surface area contributed by atoms with Crippen molar-refractivity contribution in [2.45, 2.75) is 26.4 Å². The minimum absolute atomic E-state index is 0.0284. The monoisotopic (exact) mass is 372 g/mol. The van der Waals surface area contributed by atoms with Crippen LogP contribution in [0.2, 0.25) is 0 Å². The quantitative estimate of drug-likeness (QED) is 0.696. The molecule has 1 heterocycles. The van der Waals surface area contributed by atoms with Crippen LogP contribution in [0.3, 0.4) is 0 Å². The molecule has 3 aromatic rings. The van der Waals surface area contributed by atoms with Crippen LogP contribution in [0.5, 0.6) is 0 Å². The number of nitrogens with two attached hydrogens (primary N) is 1. The molecule has 7 heteroatoms. The average molecular weight is 372 g/mol. The number of rotatable bonds is 6. The zero-order valence-electron chi connectivity index (χ0n) is 18.8. The second-order valence-electron chi connectivity index (χ2n) is 6.45. The van der Waals surface area contributed by atoms with Gasteiger partial charge in [-0.3, -0.25) is 14.3 Å². The summed E-state index contributed by atoms with van der Waals surface area (Å²) in [6.07, 6.45) is 0. The number of hydrogen-bond donors (Lipinski definition) is 2. The SMILES string of the molecule is [2H]c1c([2H])c([2H])c2c(c(C(=O)NC(C(N)=O)C(C)C)nn2Cc2ccc(F)cc2)c1[2H]. The van der Waals surface area contributed by atoms with Gasteiger partial charge in [0.05, 0.1) is 17.5 Å². The zero-order chi connectivity index (χ0) is 23.0. The summed E-state index contributed by atoms with van der Waals surface area (Å²) in [6.45, 7) is 3.44. The van der Waals surface area contributed by atoms with E-state index in [4.69, 9.17) is 11.2 Å². The maximum absolute atomic E-state index is 13.2. The third-order valence-corrected chi connectivity index (χ3v) is 4.10. The van der Waals surface area contributed by atoms with Gasteiger partial charge in [0.25, 0.3) is 5.91 Å². The standard InChI is InChI=1S/C20H21FN4O2/c1-12(2)17(19(22)26)23-20(27)18-15-5-3-4-6-16(15)25(24-18)11-13-7-9-14(21)10-8-13/h3-10,12,17H,11H2,1-2H3,(H2,22,26)(H,23,27)/i3D,4D,5D,6D. The fourth-order valence-electron chi connectivity index (χ4n) is 2.70. The summed E-state index contributed by atoms with van der Waals surface area (Å²) in [7, 11) is 0. The van der Waals surface area contributed by atoms with Crippen molar-refractivity contribution in [3.8, 4) is 0 Å². The van der Waals surface area contributed by atoms with Crippen molar-refractivity contribution < 1.29 is 19.5 Å². The molecule has 2 aromatic carbocycles. The van der Waals surface area contributed by atoms with E-state index in [1.54, 1.807) is 13.8 Å². The van der Waals surface area contributed by atoms with Crippen molar-refractivity contribution >= 4 is 22.7 Å². The van der Waals surface area contributed by atoms with E-state index in [0.29, 0.717) is 5.56 Å². The molecule has 6 nitrogen and oxygen atoms in total. The number of carbonyl (C=O) groups excluding carboxylic acids is 2. The first-order valence-electron chi connectivity index (χ1n) is 10.3. The van der Waals surface area contributed by atoms with Gasteiger partial charge in [0.1, 0.15) is 11.9 Å². The van der Waals surface area contributed by atoms with Crippen LogP contribution in [0, 0.1) is 11.7 Å². The molecule has 0 bridgehead atoms. The molecule has 2 amide bonds. The third kappa shape index (κ3) is 3.97. The Hall–Kier alpha value is -3.22. The van der Waals surface area contributed by atoms with Crippen LogP contribution < -0.4 is 11.1 Å². The van der Waals surface area contributed by atoms with Gasteiger partial charge in [-0.2, -0.15) is 5.10 Å². The third-order valence-electron chi connectivity index (χ3n) is 4.10. The van der Waals surface area contributed by atoms with Crippen LogP contribution >= 0.6 is 0 Å². The highest BCUT2D eigenvalue weighted by Gasteiger charge is 2.25. The van der Waals surface area contributed by atoms with Crippen LogP contribution in [0.15, 0.2) is 48.4 Å². The van der Waals surface area contributed by atoms with Crippen molar-refractivity contribution in [3.63, 3.8) is 0 Å². The minimum atomic E-state index is -0.986. The zero-order valence-corrected chi connectivity index (χ0v) is 14.8. The maximum Gasteiger partial charge on any atom is 0.273 e. The van der Waals surface area contributed by atoms with Crippen molar-refractivity contribution in [3.05, 3.63) is 65.5 Å². The Kier molecular flexibility index (Phi) is 3.90. The molecular weight excluding hydrogens is 347 g/mol. The molecule has 1 aromatic heterocycles. The summed E-state index contributed by atoms with van der Waals surface area (Å²) in [5.41, 5.74) is 5.75.